The fourth-order valence-electron chi connectivity index (χ4n) is 2.06. The number of hydrogen-bond acceptors (Lipinski definition) is 4. The molecule has 1 saturated heterocycles. The van der Waals surface area contributed by atoms with Crippen LogP contribution in [0.5, 0.6) is 0 Å². The van der Waals surface area contributed by atoms with Crippen molar-refractivity contribution in [2.45, 2.75) is 32.1 Å². The maximum atomic E-state index is 8.75. The Morgan fingerprint density at radius 2 is 1.82 bits per heavy atom. The van der Waals surface area contributed by atoms with Crippen molar-refractivity contribution in [1.29, 1.82) is 5.26 Å². The standard InChI is InChI=1S/C12H15ClN4/c13-12-10(8-14)15-9-11(16-12)17-6-4-2-1-3-5-7-17/h9H,1-7H2. The van der Waals surface area contributed by atoms with Crippen LogP contribution in [0.2, 0.25) is 5.15 Å². The van der Waals surface area contributed by atoms with Crippen LogP contribution in [0, 0.1) is 11.3 Å². The Kier molecular flexibility index (Phi) is 4.16. The summed E-state index contributed by atoms with van der Waals surface area (Å²) in [5, 5.41) is 8.95. The average Bonchev–Trinajstić information content (AvgIpc) is 2.28. The minimum absolute atomic E-state index is 0.197. The van der Waals surface area contributed by atoms with Crippen molar-refractivity contribution in [3.8, 4) is 6.07 Å². The van der Waals surface area contributed by atoms with Gasteiger partial charge in [-0.25, -0.2) is 9.97 Å². The molecule has 5 heteroatoms. The van der Waals surface area contributed by atoms with Gasteiger partial charge in [0.25, 0.3) is 0 Å². The minimum Gasteiger partial charge on any atom is -0.355 e. The smallest absolute Gasteiger partial charge is 0.178 e. The van der Waals surface area contributed by atoms with E-state index in [1.807, 2.05) is 6.07 Å². The van der Waals surface area contributed by atoms with Crippen LogP contribution in [-0.2, 0) is 0 Å². The SMILES string of the molecule is N#Cc1ncc(N2CCCCCCC2)nc1Cl. The van der Waals surface area contributed by atoms with E-state index in [1.54, 1.807) is 6.20 Å². The summed E-state index contributed by atoms with van der Waals surface area (Å²) in [5.41, 5.74) is 0.197. The van der Waals surface area contributed by atoms with Gasteiger partial charge in [0.15, 0.2) is 10.8 Å². The fourth-order valence-corrected chi connectivity index (χ4v) is 2.24. The van der Waals surface area contributed by atoms with Crippen molar-refractivity contribution in [2.75, 3.05) is 18.0 Å². The number of hydrogen-bond donors (Lipinski definition) is 0. The Balaban J connectivity index is 2.15. The predicted octanol–water partition coefficient (Wildman–Crippen LogP) is 2.77. The van der Waals surface area contributed by atoms with Crippen molar-refractivity contribution < 1.29 is 0 Å². The van der Waals surface area contributed by atoms with Crippen LogP contribution in [-0.4, -0.2) is 23.1 Å². The molecule has 0 bridgehead atoms. The van der Waals surface area contributed by atoms with Crippen molar-refractivity contribution in [2.24, 2.45) is 0 Å². The van der Waals surface area contributed by atoms with Gasteiger partial charge in [-0.05, 0) is 12.8 Å². The highest BCUT2D eigenvalue weighted by Gasteiger charge is 2.12. The number of halogens is 1. The number of aromatic nitrogens is 2. The number of nitrogens with zero attached hydrogens (tertiary/aromatic N) is 4. The lowest BCUT2D eigenvalue weighted by molar-refractivity contribution is 0.553. The third-order valence-corrected chi connectivity index (χ3v) is 3.27. The largest absolute Gasteiger partial charge is 0.355 e. The lowest BCUT2D eigenvalue weighted by Gasteiger charge is -2.25. The molecule has 0 atom stereocenters. The molecule has 0 amide bonds. The van der Waals surface area contributed by atoms with Gasteiger partial charge in [0.05, 0.1) is 6.20 Å². The van der Waals surface area contributed by atoms with Gasteiger partial charge in [0, 0.05) is 13.1 Å². The molecule has 0 N–H and O–H groups in total. The topological polar surface area (TPSA) is 52.8 Å². The summed E-state index contributed by atoms with van der Waals surface area (Å²) in [4.78, 5) is 10.5. The van der Waals surface area contributed by atoms with Gasteiger partial charge in [-0.15, -0.1) is 0 Å². The summed E-state index contributed by atoms with van der Waals surface area (Å²) >= 11 is 5.90. The highest BCUT2D eigenvalue weighted by molar-refractivity contribution is 6.30. The van der Waals surface area contributed by atoms with Crippen LogP contribution < -0.4 is 4.90 Å². The molecule has 0 aromatic carbocycles. The molecular weight excluding hydrogens is 236 g/mol. The first-order valence-electron chi connectivity index (χ1n) is 5.99. The molecule has 1 aromatic heterocycles. The normalized spacial score (nSPS) is 17.1. The molecule has 0 radical (unpaired) electrons. The second-order valence-electron chi connectivity index (χ2n) is 4.23. The van der Waals surface area contributed by atoms with Gasteiger partial charge in [0.2, 0.25) is 0 Å². The number of anilines is 1. The van der Waals surface area contributed by atoms with Gasteiger partial charge in [-0.3, -0.25) is 0 Å². The van der Waals surface area contributed by atoms with E-state index < -0.39 is 0 Å². The summed E-state index contributed by atoms with van der Waals surface area (Å²) in [7, 11) is 0. The molecule has 0 spiro atoms. The zero-order chi connectivity index (χ0) is 12.1. The van der Waals surface area contributed by atoms with Crippen LogP contribution in [0.3, 0.4) is 0 Å². The first-order valence-corrected chi connectivity index (χ1v) is 6.36. The molecule has 0 aliphatic carbocycles. The number of rotatable bonds is 1. The summed E-state index contributed by atoms with van der Waals surface area (Å²) in [5.74, 6) is 0.788. The van der Waals surface area contributed by atoms with Crippen LogP contribution in [0.15, 0.2) is 6.20 Å². The summed E-state index contributed by atoms with van der Waals surface area (Å²) in [6.45, 7) is 1.99. The molecule has 1 aliphatic heterocycles. The van der Waals surface area contributed by atoms with Gasteiger partial charge in [-0.1, -0.05) is 30.9 Å². The van der Waals surface area contributed by atoms with E-state index >= 15 is 0 Å². The molecule has 4 nitrogen and oxygen atoms in total. The number of nitriles is 1. The molecule has 1 aromatic rings. The van der Waals surface area contributed by atoms with E-state index in [0.717, 1.165) is 18.9 Å². The lowest BCUT2D eigenvalue weighted by atomic mass is 10.1. The Morgan fingerprint density at radius 3 is 2.41 bits per heavy atom. The molecule has 1 aliphatic rings. The second-order valence-corrected chi connectivity index (χ2v) is 4.59. The van der Waals surface area contributed by atoms with Crippen molar-refractivity contribution in [3.63, 3.8) is 0 Å². The Labute approximate surface area is 106 Å². The highest BCUT2D eigenvalue weighted by Crippen LogP contribution is 2.19. The third-order valence-electron chi connectivity index (χ3n) is 3.00. The van der Waals surface area contributed by atoms with Gasteiger partial charge >= 0.3 is 0 Å². The van der Waals surface area contributed by atoms with Gasteiger partial charge in [0.1, 0.15) is 11.9 Å². The van der Waals surface area contributed by atoms with Crippen molar-refractivity contribution in [3.05, 3.63) is 17.0 Å². The Hall–Kier alpha value is -1.34. The zero-order valence-electron chi connectivity index (χ0n) is 9.69. The van der Waals surface area contributed by atoms with Crippen LogP contribution in [0.1, 0.15) is 37.8 Å². The van der Waals surface area contributed by atoms with E-state index in [1.165, 1.54) is 32.1 Å². The Bertz CT molecular complexity index is 419. The first-order chi connectivity index (χ1) is 8.31. The maximum absolute atomic E-state index is 8.75. The van der Waals surface area contributed by atoms with Gasteiger partial charge in [-0.2, -0.15) is 5.26 Å². The second kappa shape index (κ2) is 5.83. The molecule has 17 heavy (non-hydrogen) atoms. The summed E-state index contributed by atoms with van der Waals surface area (Å²) < 4.78 is 0. The molecular formula is C12H15ClN4. The zero-order valence-corrected chi connectivity index (χ0v) is 10.4. The summed E-state index contributed by atoms with van der Waals surface area (Å²) in [6.07, 6.45) is 7.88. The monoisotopic (exact) mass is 250 g/mol. The molecule has 0 saturated carbocycles. The maximum Gasteiger partial charge on any atom is 0.178 e. The van der Waals surface area contributed by atoms with Crippen molar-refractivity contribution in [1.82, 2.24) is 9.97 Å². The molecule has 90 valence electrons. The quantitative estimate of drug-likeness (QED) is 0.769. The van der Waals surface area contributed by atoms with E-state index in [0.29, 0.717) is 0 Å². The summed E-state index contributed by atoms with van der Waals surface area (Å²) in [6, 6.07) is 1.92. The first kappa shape index (κ1) is 12.1. The van der Waals surface area contributed by atoms with Crippen LogP contribution >= 0.6 is 11.6 Å². The molecule has 2 rings (SSSR count). The molecule has 1 fully saturated rings. The predicted molar refractivity (Wildman–Crippen MR) is 67.1 cm³/mol. The van der Waals surface area contributed by atoms with E-state index in [4.69, 9.17) is 16.9 Å². The van der Waals surface area contributed by atoms with E-state index in [-0.39, 0.29) is 10.8 Å². The van der Waals surface area contributed by atoms with Gasteiger partial charge < -0.3 is 4.90 Å². The molecule has 0 unspecified atom stereocenters. The van der Waals surface area contributed by atoms with Crippen molar-refractivity contribution >= 4 is 17.4 Å². The van der Waals surface area contributed by atoms with E-state index in [2.05, 4.69) is 14.9 Å². The lowest BCUT2D eigenvalue weighted by Crippen LogP contribution is -2.28. The van der Waals surface area contributed by atoms with Crippen LogP contribution in [0.25, 0.3) is 0 Å². The third kappa shape index (κ3) is 3.07. The van der Waals surface area contributed by atoms with E-state index in [9.17, 15) is 0 Å². The minimum atomic E-state index is 0.197. The highest BCUT2D eigenvalue weighted by atomic mass is 35.5. The Morgan fingerprint density at radius 1 is 1.18 bits per heavy atom. The fraction of sp³-hybridized carbons (Fsp3) is 0.583. The van der Waals surface area contributed by atoms with Crippen LogP contribution in [0.4, 0.5) is 5.82 Å². The molecule has 2 heterocycles. The average molecular weight is 251 g/mol.